The molecule has 0 heterocycles. The summed E-state index contributed by atoms with van der Waals surface area (Å²) in [4.78, 5) is 10.6. The molecule has 0 aliphatic rings. The van der Waals surface area contributed by atoms with Crippen molar-refractivity contribution in [3.8, 4) is 0 Å². The topological polar surface area (TPSA) is 35.5 Å². The van der Waals surface area contributed by atoms with Crippen LogP contribution in [0.5, 0.6) is 0 Å². The summed E-state index contributed by atoms with van der Waals surface area (Å²) in [5.74, 6) is 0. The Morgan fingerprint density at radius 2 is 3.00 bits per heavy atom. The van der Waals surface area contributed by atoms with Crippen LogP contribution in [0.3, 0.4) is 0 Å². The minimum absolute atomic E-state index is 1.91. The zero-order valence-corrected chi connectivity index (χ0v) is 3.22. The second-order valence-electron chi connectivity index (χ2n) is 0.556. The Hall–Kier alpha value is -0.730. The van der Waals surface area contributed by atoms with Crippen molar-refractivity contribution in [3.05, 3.63) is 0 Å². The zero-order chi connectivity index (χ0) is 12.5. The van der Waals surface area contributed by atoms with Crippen molar-refractivity contribution in [2.24, 2.45) is 0 Å². The van der Waals surface area contributed by atoms with Crippen LogP contribution in [0.2, 0.25) is 0 Å². The van der Waals surface area contributed by atoms with Crippen LogP contribution in [0.4, 0.5) is 4.79 Å². The van der Waals surface area contributed by atoms with E-state index in [9.17, 15) is 4.79 Å². The van der Waals surface area contributed by atoms with Crippen molar-refractivity contribution in [2.75, 3.05) is 13.6 Å². The number of carbonyl (C=O) groups is 1. The zero-order valence-electron chi connectivity index (χ0n) is 11.2. The van der Waals surface area contributed by atoms with E-state index in [1.165, 1.54) is 0 Å². The molecule has 0 aromatic carbocycles. The van der Waals surface area contributed by atoms with Crippen LogP contribution in [0.25, 0.3) is 0 Å². The van der Waals surface area contributed by atoms with Crippen molar-refractivity contribution >= 4 is 6.16 Å². The second-order valence-corrected chi connectivity index (χ2v) is 0.556. The molecule has 0 N–H and O–H groups in total. The molecule has 7 heavy (non-hydrogen) atoms. The SMILES string of the molecule is [2H]C([2H])([2H])OC(=O)OC([2H])([2H])C([2H])([2H])[2H]. The first-order valence-electron chi connectivity index (χ1n) is 5.27. The molecule has 0 aromatic rings. The predicted octanol–water partition coefficient (Wildman–Crippen LogP) is 0.789. The summed E-state index contributed by atoms with van der Waals surface area (Å²) < 4.78 is 60.3. The highest BCUT2D eigenvalue weighted by atomic mass is 16.7. The molecule has 0 spiro atoms. The molecule has 0 saturated carbocycles. The summed E-state index contributed by atoms with van der Waals surface area (Å²) in [6.07, 6.45) is -1.91. The van der Waals surface area contributed by atoms with Gasteiger partial charge in [0.25, 0.3) is 0 Å². The van der Waals surface area contributed by atoms with Crippen LogP contribution >= 0.6 is 0 Å². The van der Waals surface area contributed by atoms with Gasteiger partial charge in [0.2, 0.25) is 0 Å². The van der Waals surface area contributed by atoms with Crippen LogP contribution in [-0.4, -0.2) is 19.8 Å². The lowest BCUT2D eigenvalue weighted by Gasteiger charge is -1.94. The van der Waals surface area contributed by atoms with E-state index >= 15 is 0 Å². The maximum absolute atomic E-state index is 10.6. The highest BCUT2D eigenvalue weighted by molar-refractivity contribution is 5.59. The molecule has 0 unspecified atom stereocenters. The standard InChI is InChI=1S/C4H8O3/c1-3-7-4(5)6-2/h3H2,1-2H3/i1D3,2D3,3D2. The van der Waals surface area contributed by atoms with Crippen molar-refractivity contribution < 1.29 is 25.2 Å². The lowest BCUT2D eigenvalue weighted by atomic mass is 10.9. The van der Waals surface area contributed by atoms with Gasteiger partial charge in [0.1, 0.15) is 0 Å². The quantitative estimate of drug-likeness (QED) is 0.470. The third-order valence-electron chi connectivity index (χ3n) is 0.218. The van der Waals surface area contributed by atoms with Crippen LogP contribution in [-0.2, 0) is 9.47 Å². The van der Waals surface area contributed by atoms with Crippen molar-refractivity contribution in [2.45, 2.75) is 6.85 Å². The third-order valence-corrected chi connectivity index (χ3v) is 0.218. The highest BCUT2D eigenvalue weighted by Gasteiger charge is 1.92. The summed E-state index contributed by atoms with van der Waals surface area (Å²) in [6, 6.07) is 0. The summed E-state index contributed by atoms with van der Waals surface area (Å²) in [5, 5.41) is 0. The first-order valence-corrected chi connectivity index (χ1v) is 1.27. The smallest absolute Gasteiger partial charge is 0.438 e. The van der Waals surface area contributed by atoms with Gasteiger partial charge in [-0.2, -0.15) is 0 Å². The Bertz CT molecular complexity index is 239. The van der Waals surface area contributed by atoms with Gasteiger partial charge in [-0.05, 0) is 6.85 Å². The number of methoxy groups -OCH3 is 1. The van der Waals surface area contributed by atoms with E-state index in [4.69, 9.17) is 11.0 Å². The minimum Gasteiger partial charge on any atom is -0.438 e. The van der Waals surface area contributed by atoms with E-state index in [1.54, 1.807) is 0 Å². The number of rotatable bonds is 1. The van der Waals surface area contributed by atoms with Gasteiger partial charge in [-0.1, -0.05) is 0 Å². The Morgan fingerprint density at radius 3 is 3.57 bits per heavy atom. The molecule has 0 saturated heterocycles. The summed E-state index contributed by atoms with van der Waals surface area (Å²) >= 11 is 0. The number of ether oxygens (including phenoxy) is 2. The largest absolute Gasteiger partial charge is 0.507 e. The fraction of sp³-hybridized carbons (Fsp3) is 0.750. The first kappa shape index (κ1) is 0.989. The fourth-order valence-electron chi connectivity index (χ4n) is 0.0625. The van der Waals surface area contributed by atoms with Gasteiger partial charge in [-0.25, -0.2) is 4.79 Å². The lowest BCUT2D eigenvalue weighted by Crippen LogP contribution is -2.02. The van der Waals surface area contributed by atoms with Crippen LogP contribution in [0.15, 0.2) is 0 Å². The van der Waals surface area contributed by atoms with Gasteiger partial charge in [0, 0.05) is 4.11 Å². The fourth-order valence-corrected chi connectivity index (χ4v) is 0.0625. The molecule has 0 rings (SSSR count). The van der Waals surface area contributed by atoms with Gasteiger partial charge in [-0.15, -0.1) is 0 Å². The van der Waals surface area contributed by atoms with E-state index in [0.717, 1.165) is 0 Å². The average Bonchev–Trinajstić information content (AvgIpc) is 1.75. The van der Waals surface area contributed by atoms with Crippen molar-refractivity contribution in [3.63, 3.8) is 0 Å². The Labute approximate surface area is 53.5 Å². The summed E-state index contributed by atoms with van der Waals surface area (Å²) in [7, 11) is -3.11. The Balaban J connectivity index is 4.43. The van der Waals surface area contributed by atoms with Gasteiger partial charge in [0.15, 0.2) is 0 Å². The van der Waals surface area contributed by atoms with Crippen molar-refractivity contribution in [1.82, 2.24) is 0 Å². The van der Waals surface area contributed by atoms with Gasteiger partial charge >= 0.3 is 6.16 Å². The molecule has 42 valence electrons. The van der Waals surface area contributed by atoms with Crippen LogP contribution in [0.1, 0.15) is 17.8 Å². The molecule has 3 nitrogen and oxygen atoms in total. The van der Waals surface area contributed by atoms with Gasteiger partial charge in [-0.3, -0.25) is 0 Å². The maximum Gasteiger partial charge on any atom is 0.507 e. The van der Waals surface area contributed by atoms with Crippen LogP contribution < -0.4 is 0 Å². The monoisotopic (exact) mass is 112 g/mol. The van der Waals surface area contributed by atoms with E-state index in [-0.39, 0.29) is 0 Å². The molecule has 0 atom stereocenters. The van der Waals surface area contributed by atoms with E-state index in [1.807, 2.05) is 0 Å². The molecule has 0 aliphatic carbocycles. The molecule has 0 radical (unpaired) electrons. The number of carbonyl (C=O) groups excluding carboxylic acids is 1. The molecular weight excluding hydrogens is 96.0 g/mol. The molecular formula is C4H8O3. The predicted molar refractivity (Wildman–Crippen MR) is 24.0 cm³/mol. The Kier molecular flexibility index (Phi) is 0.489. The van der Waals surface area contributed by atoms with E-state index < -0.39 is 26.6 Å². The molecule has 0 bridgehead atoms. The maximum atomic E-state index is 10.6. The Morgan fingerprint density at radius 1 is 2.14 bits per heavy atom. The second kappa shape index (κ2) is 3.46. The molecule has 0 aromatic heterocycles. The number of hydrogen-bond donors (Lipinski definition) is 0. The average molecular weight is 112 g/mol. The summed E-state index contributed by atoms with van der Waals surface area (Å²) in [6.45, 7) is -6.52. The molecule has 0 fully saturated rings. The lowest BCUT2D eigenvalue weighted by molar-refractivity contribution is 0.0771. The normalized spacial score (nSPS) is 30.3. The molecule has 3 heteroatoms. The van der Waals surface area contributed by atoms with Gasteiger partial charge < -0.3 is 9.47 Å². The van der Waals surface area contributed by atoms with E-state index in [0.29, 0.717) is 0 Å². The highest BCUT2D eigenvalue weighted by Crippen LogP contribution is 1.77. The minimum atomic E-state index is -3.30. The van der Waals surface area contributed by atoms with Gasteiger partial charge in [0.05, 0.1) is 20.5 Å². The van der Waals surface area contributed by atoms with Crippen molar-refractivity contribution in [1.29, 1.82) is 0 Å². The third kappa shape index (κ3) is 3.09. The number of hydrogen-bond acceptors (Lipinski definition) is 3. The van der Waals surface area contributed by atoms with Crippen LogP contribution in [0, 0.1) is 0 Å². The van der Waals surface area contributed by atoms with E-state index in [2.05, 4.69) is 9.47 Å². The molecule has 0 aliphatic heterocycles. The molecule has 0 amide bonds. The first-order chi connectivity index (χ1) is 6.35. The summed E-state index contributed by atoms with van der Waals surface area (Å²) in [5.41, 5.74) is 0.